The normalized spacial score (nSPS) is 12.6. The van der Waals surface area contributed by atoms with Crippen molar-refractivity contribution in [3.05, 3.63) is 81.1 Å². The SMILES string of the molecule is COc1cc2oc(-c3ccc(NCCCCNc4c5c(nc6cc(Cl)ccc46)CCCC5)cc3)cc(=O)c2c(OC)c1OC. The smallest absolute Gasteiger partial charge is 0.204 e. The fourth-order valence-corrected chi connectivity index (χ4v) is 6.14. The Hall–Kier alpha value is -4.43. The number of ether oxygens (including phenoxy) is 3. The van der Waals surface area contributed by atoms with Crippen LogP contribution in [-0.2, 0) is 12.8 Å². The average Bonchev–Trinajstić information content (AvgIpc) is 3.04. The van der Waals surface area contributed by atoms with Gasteiger partial charge < -0.3 is 29.3 Å². The lowest BCUT2D eigenvalue weighted by Crippen LogP contribution is -2.13. The van der Waals surface area contributed by atoms with Gasteiger partial charge in [0.2, 0.25) is 5.75 Å². The van der Waals surface area contributed by atoms with E-state index in [1.54, 1.807) is 6.07 Å². The molecule has 0 saturated heterocycles. The lowest BCUT2D eigenvalue weighted by molar-refractivity contribution is 0.326. The van der Waals surface area contributed by atoms with Crippen LogP contribution in [0.1, 0.15) is 36.9 Å². The van der Waals surface area contributed by atoms with Crippen LogP contribution in [0.3, 0.4) is 0 Å². The maximum atomic E-state index is 13.1. The van der Waals surface area contributed by atoms with Crippen LogP contribution in [-0.4, -0.2) is 39.4 Å². The second-order valence-corrected chi connectivity index (χ2v) is 11.3. The second kappa shape index (κ2) is 13.1. The minimum Gasteiger partial charge on any atom is -0.493 e. The fourth-order valence-electron chi connectivity index (χ4n) is 5.98. The lowest BCUT2D eigenvalue weighted by atomic mass is 9.92. The number of hydrogen-bond donors (Lipinski definition) is 2. The molecule has 0 amide bonds. The van der Waals surface area contributed by atoms with Gasteiger partial charge in [-0.05, 0) is 86.6 Å². The van der Waals surface area contributed by atoms with E-state index in [1.165, 1.54) is 57.2 Å². The Morgan fingerprint density at radius 2 is 1.61 bits per heavy atom. The van der Waals surface area contributed by atoms with Gasteiger partial charge in [0.25, 0.3) is 0 Å². The first-order valence-corrected chi connectivity index (χ1v) is 15.3. The summed E-state index contributed by atoms with van der Waals surface area (Å²) in [7, 11) is 4.51. The Morgan fingerprint density at radius 3 is 2.36 bits per heavy atom. The van der Waals surface area contributed by atoms with Gasteiger partial charge in [0, 0.05) is 58.3 Å². The Balaban J connectivity index is 1.08. The van der Waals surface area contributed by atoms with E-state index in [-0.39, 0.29) is 11.2 Å². The summed E-state index contributed by atoms with van der Waals surface area (Å²) in [6, 6.07) is 17.0. The molecule has 5 aromatic rings. The molecule has 0 unspecified atom stereocenters. The third kappa shape index (κ3) is 5.86. The van der Waals surface area contributed by atoms with E-state index in [4.69, 9.17) is 35.2 Å². The topological polar surface area (TPSA) is 94.9 Å². The number of rotatable bonds is 11. The number of fused-ring (bicyclic) bond motifs is 3. The molecule has 2 N–H and O–H groups in total. The molecule has 9 heteroatoms. The molecule has 228 valence electrons. The van der Waals surface area contributed by atoms with Gasteiger partial charge in [-0.15, -0.1) is 0 Å². The molecule has 44 heavy (non-hydrogen) atoms. The number of nitrogens with zero attached hydrogens (tertiary/aromatic N) is 1. The zero-order valence-corrected chi connectivity index (χ0v) is 26.0. The number of aryl methyl sites for hydroxylation is 1. The summed E-state index contributed by atoms with van der Waals surface area (Å²) in [6.45, 7) is 1.73. The van der Waals surface area contributed by atoms with Crippen LogP contribution in [0.2, 0.25) is 5.02 Å². The molecule has 8 nitrogen and oxygen atoms in total. The Morgan fingerprint density at radius 1 is 0.864 bits per heavy atom. The molecule has 2 heterocycles. The molecule has 1 aliphatic carbocycles. The van der Waals surface area contributed by atoms with Crippen LogP contribution in [0.25, 0.3) is 33.2 Å². The van der Waals surface area contributed by atoms with Gasteiger partial charge in [-0.3, -0.25) is 9.78 Å². The zero-order chi connectivity index (χ0) is 30.6. The number of aromatic nitrogens is 1. The number of anilines is 2. The van der Waals surface area contributed by atoms with Gasteiger partial charge in [-0.2, -0.15) is 0 Å². The van der Waals surface area contributed by atoms with Crippen molar-refractivity contribution in [1.29, 1.82) is 0 Å². The van der Waals surface area contributed by atoms with Crippen molar-refractivity contribution in [3.63, 3.8) is 0 Å². The fraction of sp³-hybridized carbons (Fsp3) is 0.314. The maximum Gasteiger partial charge on any atom is 0.204 e. The van der Waals surface area contributed by atoms with Gasteiger partial charge in [0.1, 0.15) is 16.7 Å². The lowest BCUT2D eigenvalue weighted by Gasteiger charge is -2.22. The molecule has 0 fully saturated rings. The zero-order valence-electron chi connectivity index (χ0n) is 25.2. The van der Waals surface area contributed by atoms with Crippen molar-refractivity contribution < 1.29 is 18.6 Å². The minimum absolute atomic E-state index is 0.223. The van der Waals surface area contributed by atoms with Crippen LogP contribution in [0.15, 0.2) is 63.8 Å². The molecular formula is C35H36ClN3O5. The number of hydrogen-bond acceptors (Lipinski definition) is 8. The van der Waals surface area contributed by atoms with Crippen molar-refractivity contribution in [2.75, 3.05) is 45.1 Å². The molecule has 0 spiro atoms. The van der Waals surface area contributed by atoms with E-state index in [1.807, 2.05) is 36.4 Å². The molecule has 0 radical (unpaired) electrons. The first-order valence-electron chi connectivity index (χ1n) is 15.0. The molecule has 6 rings (SSSR count). The van der Waals surface area contributed by atoms with E-state index in [0.717, 1.165) is 65.9 Å². The number of halogens is 1. The molecular weight excluding hydrogens is 578 g/mol. The molecule has 0 saturated carbocycles. The van der Waals surface area contributed by atoms with Crippen molar-refractivity contribution in [3.8, 4) is 28.6 Å². The Bertz CT molecular complexity index is 1870. The monoisotopic (exact) mass is 613 g/mol. The quantitative estimate of drug-likeness (QED) is 0.145. The van der Waals surface area contributed by atoms with Crippen LogP contribution in [0.5, 0.6) is 17.2 Å². The van der Waals surface area contributed by atoms with Gasteiger partial charge >= 0.3 is 0 Å². The molecule has 2 aromatic heterocycles. The molecule has 0 aliphatic heterocycles. The van der Waals surface area contributed by atoms with Crippen LogP contribution >= 0.6 is 11.6 Å². The highest BCUT2D eigenvalue weighted by Gasteiger charge is 2.21. The molecule has 0 atom stereocenters. The summed E-state index contributed by atoms with van der Waals surface area (Å²) in [4.78, 5) is 18.0. The standard InChI is InChI=1S/C35H36ClN3O5/c1-41-31-20-30-32(35(43-3)34(31)42-2)28(40)19-29(44-30)21-10-13-23(14-11-21)37-16-6-7-17-38-33-24-8-4-5-9-26(24)39-27-18-22(36)12-15-25(27)33/h10-15,18-20,37H,4-9,16-17H2,1-3H3,(H,38,39). The molecule has 3 aromatic carbocycles. The van der Waals surface area contributed by atoms with Crippen molar-refractivity contribution in [2.45, 2.75) is 38.5 Å². The third-order valence-electron chi connectivity index (χ3n) is 8.15. The number of unbranched alkanes of at least 4 members (excludes halogenated alkanes) is 1. The number of nitrogens with one attached hydrogen (secondary N) is 2. The van der Waals surface area contributed by atoms with Gasteiger partial charge in [0.05, 0.1) is 26.8 Å². The number of methoxy groups -OCH3 is 3. The highest BCUT2D eigenvalue weighted by atomic mass is 35.5. The van der Waals surface area contributed by atoms with Gasteiger partial charge in [-0.25, -0.2) is 0 Å². The number of pyridine rings is 1. The van der Waals surface area contributed by atoms with Crippen molar-refractivity contribution in [2.24, 2.45) is 0 Å². The van der Waals surface area contributed by atoms with Gasteiger partial charge in [0.15, 0.2) is 16.9 Å². The van der Waals surface area contributed by atoms with E-state index in [9.17, 15) is 4.79 Å². The summed E-state index contributed by atoms with van der Waals surface area (Å²) in [6.07, 6.45) is 6.53. The first-order chi connectivity index (χ1) is 21.5. The van der Waals surface area contributed by atoms with E-state index >= 15 is 0 Å². The second-order valence-electron chi connectivity index (χ2n) is 10.9. The summed E-state index contributed by atoms with van der Waals surface area (Å²) in [5, 5.41) is 9.40. The Kier molecular flexibility index (Phi) is 8.79. The third-order valence-corrected chi connectivity index (χ3v) is 8.39. The largest absolute Gasteiger partial charge is 0.493 e. The predicted octanol–water partition coefficient (Wildman–Crippen LogP) is 7.87. The summed E-state index contributed by atoms with van der Waals surface area (Å²) >= 11 is 6.27. The first kappa shape index (κ1) is 29.6. The minimum atomic E-state index is -0.223. The van der Waals surface area contributed by atoms with Crippen LogP contribution in [0, 0.1) is 0 Å². The highest BCUT2D eigenvalue weighted by molar-refractivity contribution is 6.31. The summed E-state index contributed by atoms with van der Waals surface area (Å²) < 4.78 is 22.5. The highest BCUT2D eigenvalue weighted by Crippen LogP contribution is 2.43. The number of benzene rings is 3. The maximum absolute atomic E-state index is 13.1. The van der Waals surface area contributed by atoms with Crippen LogP contribution in [0.4, 0.5) is 11.4 Å². The van der Waals surface area contributed by atoms with Crippen molar-refractivity contribution >= 4 is 44.8 Å². The van der Waals surface area contributed by atoms with E-state index in [2.05, 4.69) is 16.7 Å². The Labute approximate surface area is 261 Å². The average molecular weight is 614 g/mol. The van der Waals surface area contributed by atoms with E-state index in [0.29, 0.717) is 28.2 Å². The van der Waals surface area contributed by atoms with E-state index < -0.39 is 0 Å². The molecule has 0 bridgehead atoms. The summed E-state index contributed by atoms with van der Waals surface area (Å²) in [5.74, 6) is 1.52. The van der Waals surface area contributed by atoms with Gasteiger partial charge in [-0.1, -0.05) is 11.6 Å². The van der Waals surface area contributed by atoms with Crippen LogP contribution < -0.4 is 30.3 Å². The predicted molar refractivity (Wildman–Crippen MR) is 177 cm³/mol. The summed E-state index contributed by atoms with van der Waals surface area (Å²) in [5.41, 5.74) is 6.70. The van der Waals surface area contributed by atoms with Crippen molar-refractivity contribution in [1.82, 2.24) is 4.98 Å². The molecule has 1 aliphatic rings.